The highest BCUT2D eigenvalue weighted by Gasteiger charge is 2.36. The molecule has 1 aliphatic heterocycles. The van der Waals surface area contributed by atoms with Crippen LogP contribution in [0.5, 0.6) is 0 Å². The Morgan fingerprint density at radius 3 is 2.48 bits per heavy atom. The molecule has 1 amide bonds. The van der Waals surface area contributed by atoms with Crippen molar-refractivity contribution in [3.05, 3.63) is 64.7 Å². The molecule has 0 radical (unpaired) electrons. The van der Waals surface area contributed by atoms with Crippen molar-refractivity contribution in [3.63, 3.8) is 0 Å². The summed E-state index contributed by atoms with van der Waals surface area (Å²) in [7, 11) is 0. The molecule has 106 valence electrons. The van der Waals surface area contributed by atoms with Crippen LogP contribution >= 0.6 is 11.6 Å². The van der Waals surface area contributed by atoms with Gasteiger partial charge in [-0.2, -0.15) is 0 Å². The average Bonchev–Trinajstić information content (AvgIpc) is 2.75. The highest BCUT2D eigenvalue weighted by Crippen LogP contribution is 2.35. The standard InChI is InChI=1S/C17H14ClNO2/c18-14-10-4-9-13-15(14)19(17(21)16(13)20)11-5-8-12-6-2-1-3-7-12/h1-4,6-7,9-10H,5,8,11H2. The number of halogens is 1. The number of hydrogen-bond donors (Lipinski definition) is 0. The molecule has 2 aromatic carbocycles. The molecule has 0 fully saturated rings. The lowest BCUT2D eigenvalue weighted by Crippen LogP contribution is -2.31. The minimum Gasteiger partial charge on any atom is -0.303 e. The van der Waals surface area contributed by atoms with E-state index in [9.17, 15) is 9.59 Å². The van der Waals surface area contributed by atoms with Gasteiger partial charge in [0.1, 0.15) is 0 Å². The van der Waals surface area contributed by atoms with Gasteiger partial charge in [0.2, 0.25) is 0 Å². The van der Waals surface area contributed by atoms with Crippen molar-refractivity contribution in [1.29, 1.82) is 0 Å². The number of nitrogens with zero attached hydrogens (tertiary/aromatic N) is 1. The van der Waals surface area contributed by atoms with Crippen molar-refractivity contribution in [2.24, 2.45) is 0 Å². The lowest BCUT2D eigenvalue weighted by atomic mass is 10.1. The zero-order chi connectivity index (χ0) is 14.8. The van der Waals surface area contributed by atoms with Crippen LogP contribution in [0.3, 0.4) is 0 Å². The lowest BCUT2D eigenvalue weighted by molar-refractivity contribution is -0.114. The third kappa shape index (κ3) is 2.57. The molecule has 0 unspecified atom stereocenters. The highest BCUT2D eigenvalue weighted by molar-refractivity contribution is 6.54. The number of hydrogen-bond acceptors (Lipinski definition) is 2. The predicted octanol–water partition coefficient (Wildman–Crippen LogP) is 3.50. The SMILES string of the molecule is O=C1C(=O)N(CCCc2ccccc2)c2c(Cl)cccc21. The summed E-state index contributed by atoms with van der Waals surface area (Å²) in [5, 5.41) is 0.450. The number of rotatable bonds is 4. The van der Waals surface area contributed by atoms with E-state index in [1.807, 2.05) is 18.2 Å². The van der Waals surface area contributed by atoms with Gasteiger partial charge < -0.3 is 4.90 Å². The van der Waals surface area contributed by atoms with Gasteiger partial charge >= 0.3 is 0 Å². The fraction of sp³-hybridized carbons (Fsp3) is 0.176. The normalized spacial score (nSPS) is 13.7. The molecule has 0 saturated carbocycles. The molecule has 1 aliphatic rings. The first-order chi connectivity index (χ1) is 10.2. The van der Waals surface area contributed by atoms with Crippen LogP contribution in [0.4, 0.5) is 5.69 Å². The minimum atomic E-state index is -0.480. The third-order valence-electron chi connectivity index (χ3n) is 3.63. The zero-order valence-corrected chi connectivity index (χ0v) is 12.1. The summed E-state index contributed by atoms with van der Waals surface area (Å²) in [5.74, 6) is -0.946. The Hall–Kier alpha value is -2.13. The van der Waals surface area contributed by atoms with Gasteiger partial charge in [-0.05, 0) is 30.5 Å². The van der Waals surface area contributed by atoms with E-state index in [-0.39, 0.29) is 0 Å². The first-order valence-electron chi connectivity index (χ1n) is 6.87. The van der Waals surface area contributed by atoms with E-state index < -0.39 is 11.7 Å². The Kier molecular flexibility index (Phi) is 3.76. The molecule has 0 saturated heterocycles. The molecule has 2 aromatic rings. The van der Waals surface area contributed by atoms with Crippen LogP contribution in [-0.4, -0.2) is 18.2 Å². The van der Waals surface area contributed by atoms with Crippen LogP contribution in [0.1, 0.15) is 22.3 Å². The maximum Gasteiger partial charge on any atom is 0.299 e. The Labute approximate surface area is 128 Å². The Balaban J connectivity index is 1.75. The number of ketones is 1. The molecule has 0 atom stereocenters. The van der Waals surface area contributed by atoms with Crippen molar-refractivity contribution in [2.45, 2.75) is 12.8 Å². The second kappa shape index (κ2) is 5.70. The van der Waals surface area contributed by atoms with Gasteiger partial charge in [-0.1, -0.05) is 48.0 Å². The topological polar surface area (TPSA) is 37.4 Å². The quantitative estimate of drug-likeness (QED) is 0.810. The Bertz CT molecular complexity index is 697. The number of aryl methyl sites for hydroxylation is 1. The van der Waals surface area contributed by atoms with Crippen LogP contribution in [0.25, 0.3) is 0 Å². The summed E-state index contributed by atoms with van der Waals surface area (Å²) in [6, 6.07) is 15.1. The van der Waals surface area contributed by atoms with E-state index in [0.717, 1.165) is 12.8 Å². The molecule has 3 nitrogen and oxygen atoms in total. The van der Waals surface area contributed by atoms with Gasteiger partial charge in [0.25, 0.3) is 11.7 Å². The van der Waals surface area contributed by atoms with Crippen LogP contribution in [0, 0.1) is 0 Å². The van der Waals surface area contributed by atoms with Crippen molar-refractivity contribution in [1.82, 2.24) is 0 Å². The Morgan fingerprint density at radius 2 is 1.71 bits per heavy atom. The molecule has 21 heavy (non-hydrogen) atoms. The Morgan fingerprint density at radius 1 is 0.952 bits per heavy atom. The first-order valence-corrected chi connectivity index (χ1v) is 7.25. The van der Waals surface area contributed by atoms with Crippen molar-refractivity contribution in [2.75, 3.05) is 11.4 Å². The fourth-order valence-electron chi connectivity index (χ4n) is 2.61. The average molecular weight is 300 g/mol. The molecule has 1 heterocycles. The molecule has 3 rings (SSSR count). The number of Topliss-reactive ketones (excluding diaryl/α,β-unsaturated/α-hetero) is 1. The second-order valence-corrected chi connectivity index (χ2v) is 5.42. The van der Waals surface area contributed by atoms with Crippen molar-refractivity contribution >= 4 is 29.0 Å². The van der Waals surface area contributed by atoms with Crippen LogP contribution in [0.15, 0.2) is 48.5 Å². The summed E-state index contributed by atoms with van der Waals surface area (Å²) in [4.78, 5) is 25.5. The third-order valence-corrected chi connectivity index (χ3v) is 3.94. The number of para-hydroxylation sites is 1. The van der Waals surface area contributed by atoms with E-state index in [0.29, 0.717) is 22.8 Å². The predicted molar refractivity (Wildman–Crippen MR) is 82.9 cm³/mol. The molecule has 0 spiro atoms. The van der Waals surface area contributed by atoms with Gasteiger partial charge in [-0.3, -0.25) is 9.59 Å². The summed E-state index contributed by atoms with van der Waals surface area (Å²) in [6.45, 7) is 0.496. The van der Waals surface area contributed by atoms with Crippen LogP contribution in [0.2, 0.25) is 5.02 Å². The highest BCUT2D eigenvalue weighted by atomic mass is 35.5. The maximum absolute atomic E-state index is 12.1. The molecule has 0 bridgehead atoms. The summed E-state index contributed by atoms with van der Waals surface area (Å²) in [6.07, 6.45) is 1.65. The van der Waals surface area contributed by atoms with Crippen LogP contribution < -0.4 is 4.90 Å². The minimum absolute atomic E-state index is 0.409. The number of fused-ring (bicyclic) bond motifs is 1. The summed E-state index contributed by atoms with van der Waals surface area (Å²) in [5.41, 5.74) is 2.18. The molecule has 0 N–H and O–H groups in total. The molecule has 4 heteroatoms. The largest absolute Gasteiger partial charge is 0.303 e. The second-order valence-electron chi connectivity index (χ2n) is 5.01. The van der Waals surface area contributed by atoms with Crippen molar-refractivity contribution in [3.8, 4) is 0 Å². The van der Waals surface area contributed by atoms with E-state index in [4.69, 9.17) is 11.6 Å². The number of anilines is 1. The van der Waals surface area contributed by atoms with Gasteiger partial charge in [0.05, 0.1) is 16.3 Å². The lowest BCUT2D eigenvalue weighted by Gasteiger charge is -2.17. The van der Waals surface area contributed by atoms with Crippen LogP contribution in [-0.2, 0) is 11.2 Å². The van der Waals surface area contributed by atoms with Gasteiger partial charge in [0, 0.05) is 6.54 Å². The van der Waals surface area contributed by atoms with Gasteiger partial charge in [-0.25, -0.2) is 0 Å². The summed E-state index contributed by atoms with van der Waals surface area (Å²) < 4.78 is 0. The number of benzene rings is 2. The molecular formula is C17H14ClNO2. The fourth-order valence-corrected chi connectivity index (χ4v) is 2.89. The molecular weight excluding hydrogens is 286 g/mol. The van der Waals surface area contributed by atoms with E-state index in [1.54, 1.807) is 18.2 Å². The van der Waals surface area contributed by atoms with Crippen molar-refractivity contribution < 1.29 is 9.59 Å². The maximum atomic E-state index is 12.1. The van der Waals surface area contributed by atoms with E-state index >= 15 is 0 Å². The number of carbonyl (C=O) groups is 2. The number of amides is 1. The first kappa shape index (κ1) is 13.8. The monoisotopic (exact) mass is 299 g/mol. The van der Waals surface area contributed by atoms with E-state index in [2.05, 4.69) is 12.1 Å². The number of carbonyl (C=O) groups excluding carboxylic acids is 2. The smallest absolute Gasteiger partial charge is 0.299 e. The summed E-state index contributed by atoms with van der Waals surface area (Å²) >= 11 is 6.14. The molecule has 0 aromatic heterocycles. The van der Waals surface area contributed by atoms with E-state index in [1.165, 1.54) is 10.5 Å². The van der Waals surface area contributed by atoms with Gasteiger partial charge in [-0.15, -0.1) is 0 Å². The van der Waals surface area contributed by atoms with Gasteiger partial charge in [0.15, 0.2) is 0 Å². The molecule has 0 aliphatic carbocycles. The zero-order valence-electron chi connectivity index (χ0n) is 11.4.